The standard InChI is InChI=1S/C24H42N2/c1-5-9-15-21-22(16-10-6-2)26(20-12-8-4)24-18-14-13-17-23(24)25(21)19-11-7-3/h13-14,17-18,21-22H,5-12,15-16,19-20H2,1-4H3. The van der Waals surface area contributed by atoms with Gasteiger partial charge in [-0.1, -0.05) is 78.4 Å². The van der Waals surface area contributed by atoms with E-state index in [2.05, 4.69) is 61.8 Å². The summed E-state index contributed by atoms with van der Waals surface area (Å²) in [6.07, 6.45) is 13.1. The molecule has 148 valence electrons. The van der Waals surface area contributed by atoms with E-state index in [9.17, 15) is 0 Å². The maximum absolute atomic E-state index is 2.79. The van der Waals surface area contributed by atoms with E-state index in [1.54, 1.807) is 0 Å². The van der Waals surface area contributed by atoms with Crippen LogP contribution in [0.2, 0.25) is 0 Å². The van der Waals surface area contributed by atoms with Gasteiger partial charge < -0.3 is 9.80 Å². The van der Waals surface area contributed by atoms with Crippen molar-refractivity contribution < 1.29 is 0 Å². The number of fused-ring (bicyclic) bond motifs is 1. The van der Waals surface area contributed by atoms with E-state index in [1.807, 2.05) is 0 Å². The number of nitrogens with zero attached hydrogens (tertiary/aromatic N) is 2. The summed E-state index contributed by atoms with van der Waals surface area (Å²) in [5.41, 5.74) is 2.98. The molecule has 26 heavy (non-hydrogen) atoms. The summed E-state index contributed by atoms with van der Waals surface area (Å²) in [5.74, 6) is 0. The van der Waals surface area contributed by atoms with E-state index in [1.165, 1.54) is 88.7 Å². The van der Waals surface area contributed by atoms with E-state index < -0.39 is 0 Å². The molecule has 0 saturated heterocycles. The Bertz CT molecular complexity index is 454. The third kappa shape index (κ3) is 5.18. The highest BCUT2D eigenvalue weighted by atomic mass is 15.3. The van der Waals surface area contributed by atoms with Crippen molar-refractivity contribution in [3.05, 3.63) is 24.3 Å². The smallest absolute Gasteiger partial charge is 0.0607 e. The molecule has 2 unspecified atom stereocenters. The Kier molecular flexibility index (Phi) is 9.36. The van der Waals surface area contributed by atoms with Crippen LogP contribution in [0, 0.1) is 0 Å². The van der Waals surface area contributed by atoms with E-state index in [0.29, 0.717) is 12.1 Å². The SMILES string of the molecule is CCCCC1C(CCCC)N(CCCC)c2ccccc2N1CCCC. The molecule has 0 amide bonds. The van der Waals surface area contributed by atoms with Crippen molar-refractivity contribution in [3.8, 4) is 0 Å². The van der Waals surface area contributed by atoms with Crippen LogP contribution in [0.3, 0.4) is 0 Å². The Labute approximate surface area is 163 Å². The zero-order valence-electron chi connectivity index (χ0n) is 17.8. The van der Waals surface area contributed by atoms with Crippen molar-refractivity contribution in [1.82, 2.24) is 0 Å². The van der Waals surface area contributed by atoms with E-state index in [4.69, 9.17) is 0 Å². The van der Waals surface area contributed by atoms with Crippen molar-refractivity contribution >= 4 is 11.4 Å². The molecule has 0 aromatic heterocycles. The molecule has 0 spiro atoms. The Balaban J connectivity index is 2.40. The van der Waals surface area contributed by atoms with Crippen LogP contribution in [0.4, 0.5) is 11.4 Å². The van der Waals surface area contributed by atoms with Crippen LogP contribution in [0.15, 0.2) is 24.3 Å². The van der Waals surface area contributed by atoms with Gasteiger partial charge in [0, 0.05) is 25.2 Å². The van der Waals surface area contributed by atoms with Gasteiger partial charge in [-0.05, 0) is 37.8 Å². The predicted molar refractivity (Wildman–Crippen MR) is 118 cm³/mol. The molecule has 0 radical (unpaired) electrons. The fourth-order valence-electron chi connectivity index (χ4n) is 4.48. The van der Waals surface area contributed by atoms with Gasteiger partial charge in [-0.2, -0.15) is 0 Å². The van der Waals surface area contributed by atoms with Gasteiger partial charge in [0.2, 0.25) is 0 Å². The normalized spacial score (nSPS) is 19.7. The average molecular weight is 359 g/mol. The first kappa shape index (κ1) is 21.1. The third-order valence-electron chi connectivity index (χ3n) is 5.96. The van der Waals surface area contributed by atoms with Crippen LogP contribution in [0.25, 0.3) is 0 Å². The summed E-state index contributed by atoms with van der Waals surface area (Å²) in [6.45, 7) is 11.7. The molecular formula is C24H42N2. The van der Waals surface area contributed by atoms with E-state index in [-0.39, 0.29) is 0 Å². The molecule has 2 atom stereocenters. The Morgan fingerprint density at radius 1 is 0.615 bits per heavy atom. The van der Waals surface area contributed by atoms with Gasteiger partial charge in [-0.3, -0.25) is 0 Å². The van der Waals surface area contributed by atoms with Gasteiger partial charge in [0.25, 0.3) is 0 Å². The lowest BCUT2D eigenvalue weighted by atomic mass is 9.89. The maximum Gasteiger partial charge on any atom is 0.0607 e. The van der Waals surface area contributed by atoms with Crippen LogP contribution >= 0.6 is 0 Å². The molecule has 2 rings (SSSR count). The Morgan fingerprint density at radius 2 is 1.00 bits per heavy atom. The molecule has 0 aliphatic carbocycles. The van der Waals surface area contributed by atoms with Gasteiger partial charge in [0.1, 0.15) is 0 Å². The first-order valence-electron chi connectivity index (χ1n) is 11.4. The predicted octanol–water partition coefficient (Wildman–Crippen LogP) is 7.03. The molecule has 2 nitrogen and oxygen atoms in total. The van der Waals surface area contributed by atoms with Crippen LogP contribution < -0.4 is 9.80 Å². The molecule has 1 aromatic carbocycles. The first-order chi connectivity index (χ1) is 12.8. The van der Waals surface area contributed by atoms with E-state index in [0.717, 1.165) is 0 Å². The highest BCUT2D eigenvalue weighted by molar-refractivity contribution is 5.75. The summed E-state index contributed by atoms with van der Waals surface area (Å²) in [6, 6.07) is 10.6. The quantitative estimate of drug-likeness (QED) is 0.395. The molecule has 0 fully saturated rings. The first-order valence-corrected chi connectivity index (χ1v) is 11.4. The molecule has 1 aliphatic heterocycles. The fourth-order valence-corrected chi connectivity index (χ4v) is 4.48. The summed E-state index contributed by atoms with van der Waals surface area (Å²) in [7, 11) is 0. The minimum Gasteiger partial charge on any atom is -0.365 e. The van der Waals surface area contributed by atoms with Crippen LogP contribution in [0.1, 0.15) is 91.9 Å². The molecule has 0 bridgehead atoms. The van der Waals surface area contributed by atoms with Crippen molar-refractivity contribution in [2.24, 2.45) is 0 Å². The Morgan fingerprint density at radius 3 is 1.35 bits per heavy atom. The molecule has 2 heteroatoms. The summed E-state index contributed by atoms with van der Waals surface area (Å²) >= 11 is 0. The molecular weight excluding hydrogens is 316 g/mol. The van der Waals surface area contributed by atoms with Crippen LogP contribution in [0.5, 0.6) is 0 Å². The van der Waals surface area contributed by atoms with Gasteiger partial charge in [-0.15, -0.1) is 0 Å². The summed E-state index contributed by atoms with van der Waals surface area (Å²) in [4.78, 5) is 5.58. The highest BCUT2D eigenvalue weighted by Crippen LogP contribution is 2.41. The van der Waals surface area contributed by atoms with Crippen molar-refractivity contribution in [2.75, 3.05) is 22.9 Å². The van der Waals surface area contributed by atoms with Gasteiger partial charge in [0.05, 0.1) is 11.4 Å². The fraction of sp³-hybridized carbons (Fsp3) is 0.750. The summed E-state index contributed by atoms with van der Waals surface area (Å²) < 4.78 is 0. The molecule has 1 aromatic rings. The van der Waals surface area contributed by atoms with Crippen LogP contribution in [-0.4, -0.2) is 25.2 Å². The number of benzene rings is 1. The molecule has 0 saturated carbocycles. The summed E-state index contributed by atoms with van der Waals surface area (Å²) in [5, 5.41) is 0. The number of anilines is 2. The van der Waals surface area contributed by atoms with Gasteiger partial charge in [0.15, 0.2) is 0 Å². The lowest BCUT2D eigenvalue weighted by Gasteiger charge is -2.51. The Hall–Kier alpha value is -1.18. The van der Waals surface area contributed by atoms with Gasteiger partial charge in [-0.25, -0.2) is 0 Å². The molecule has 1 heterocycles. The average Bonchev–Trinajstić information content (AvgIpc) is 2.68. The monoisotopic (exact) mass is 358 g/mol. The number of para-hydroxylation sites is 2. The second-order valence-electron chi connectivity index (χ2n) is 8.00. The lowest BCUT2D eigenvalue weighted by Crippen LogP contribution is -2.57. The zero-order chi connectivity index (χ0) is 18.8. The number of unbranched alkanes of at least 4 members (excludes halogenated alkanes) is 4. The van der Waals surface area contributed by atoms with Gasteiger partial charge >= 0.3 is 0 Å². The minimum absolute atomic E-state index is 0.680. The second-order valence-corrected chi connectivity index (χ2v) is 8.00. The topological polar surface area (TPSA) is 6.48 Å². The molecule has 1 aliphatic rings. The van der Waals surface area contributed by atoms with Crippen molar-refractivity contribution in [3.63, 3.8) is 0 Å². The number of hydrogen-bond donors (Lipinski definition) is 0. The van der Waals surface area contributed by atoms with E-state index >= 15 is 0 Å². The number of hydrogen-bond acceptors (Lipinski definition) is 2. The second kappa shape index (κ2) is 11.5. The highest BCUT2D eigenvalue weighted by Gasteiger charge is 2.37. The molecule has 0 N–H and O–H groups in total. The van der Waals surface area contributed by atoms with Crippen LogP contribution in [-0.2, 0) is 0 Å². The lowest BCUT2D eigenvalue weighted by molar-refractivity contribution is 0.377. The van der Waals surface area contributed by atoms with Crippen molar-refractivity contribution in [1.29, 1.82) is 0 Å². The minimum atomic E-state index is 0.680. The maximum atomic E-state index is 2.79. The largest absolute Gasteiger partial charge is 0.365 e. The third-order valence-corrected chi connectivity index (χ3v) is 5.96. The number of rotatable bonds is 12. The van der Waals surface area contributed by atoms with Crippen molar-refractivity contribution in [2.45, 2.75) is 104 Å². The zero-order valence-corrected chi connectivity index (χ0v) is 17.8.